The lowest BCUT2D eigenvalue weighted by Crippen LogP contribution is -2.39. The first-order valence-corrected chi connectivity index (χ1v) is 6.30. The van der Waals surface area contributed by atoms with Crippen molar-refractivity contribution in [3.63, 3.8) is 0 Å². The Labute approximate surface area is 103 Å². The van der Waals surface area contributed by atoms with Crippen LogP contribution >= 0.6 is 0 Å². The molecule has 3 heteroatoms. The van der Waals surface area contributed by atoms with Gasteiger partial charge in [0, 0.05) is 19.7 Å². The maximum Gasteiger partial charge on any atom is 0.0914 e. The zero-order chi connectivity index (χ0) is 12.1. The molecule has 0 saturated heterocycles. The van der Waals surface area contributed by atoms with Crippen molar-refractivity contribution in [2.24, 2.45) is 0 Å². The van der Waals surface area contributed by atoms with Gasteiger partial charge < -0.3 is 15.2 Å². The van der Waals surface area contributed by atoms with Crippen molar-refractivity contribution < 1.29 is 9.84 Å². The van der Waals surface area contributed by atoms with Crippen LogP contribution in [-0.2, 0) is 4.74 Å². The standard InChI is InChI=1S/C14H21NO2/c1-17-14-9-5-8-12(14)15-10-13(16)11-6-3-2-4-7-11/h2-4,6-7,12-16H,5,8-10H2,1H3. The zero-order valence-corrected chi connectivity index (χ0v) is 10.3. The number of nitrogens with one attached hydrogen (secondary N) is 1. The van der Waals surface area contributed by atoms with Crippen LogP contribution in [0.15, 0.2) is 30.3 Å². The van der Waals surface area contributed by atoms with E-state index in [4.69, 9.17) is 4.74 Å². The summed E-state index contributed by atoms with van der Waals surface area (Å²) in [6.07, 6.45) is 3.33. The molecule has 94 valence electrons. The van der Waals surface area contributed by atoms with Crippen molar-refractivity contribution in [3.8, 4) is 0 Å². The smallest absolute Gasteiger partial charge is 0.0914 e. The maximum atomic E-state index is 10.0. The monoisotopic (exact) mass is 235 g/mol. The van der Waals surface area contributed by atoms with Gasteiger partial charge in [0.15, 0.2) is 0 Å². The summed E-state index contributed by atoms with van der Waals surface area (Å²) in [4.78, 5) is 0. The van der Waals surface area contributed by atoms with E-state index in [0.717, 1.165) is 18.4 Å². The Bertz CT molecular complexity index is 328. The highest BCUT2D eigenvalue weighted by atomic mass is 16.5. The van der Waals surface area contributed by atoms with Gasteiger partial charge in [-0.2, -0.15) is 0 Å². The Kier molecular flexibility index (Phi) is 4.54. The topological polar surface area (TPSA) is 41.5 Å². The summed E-state index contributed by atoms with van der Waals surface area (Å²) < 4.78 is 5.42. The first-order chi connectivity index (χ1) is 8.31. The van der Waals surface area contributed by atoms with Crippen LogP contribution in [0.25, 0.3) is 0 Å². The van der Waals surface area contributed by atoms with Crippen molar-refractivity contribution in [2.75, 3.05) is 13.7 Å². The van der Waals surface area contributed by atoms with Gasteiger partial charge in [-0.25, -0.2) is 0 Å². The van der Waals surface area contributed by atoms with E-state index in [1.165, 1.54) is 6.42 Å². The van der Waals surface area contributed by atoms with Gasteiger partial charge in [0.1, 0.15) is 0 Å². The van der Waals surface area contributed by atoms with E-state index < -0.39 is 6.10 Å². The first kappa shape index (κ1) is 12.6. The molecular weight excluding hydrogens is 214 g/mol. The van der Waals surface area contributed by atoms with Gasteiger partial charge in [0.2, 0.25) is 0 Å². The Hall–Kier alpha value is -0.900. The summed E-state index contributed by atoms with van der Waals surface area (Å²) in [7, 11) is 1.76. The van der Waals surface area contributed by atoms with E-state index in [1.807, 2.05) is 30.3 Å². The fourth-order valence-electron chi connectivity index (χ4n) is 2.50. The molecule has 3 unspecified atom stereocenters. The quantitative estimate of drug-likeness (QED) is 0.818. The van der Waals surface area contributed by atoms with Gasteiger partial charge in [-0.05, 0) is 24.8 Å². The average Bonchev–Trinajstić information content (AvgIpc) is 2.84. The lowest BCUT2D eigenvalue weighted by Gasteiger charge is -2.21. The van der Waals surface area contributed by atoms with Crippen LogP contribution in [0.2, 0.25) is 0 Å². The van der Waals surface area contributed by atoms with Crippen LogP contribution < -0.4 is 5.32 Å². The molecule has 0 aromatic heterocycles. The molecule has 1 aromatic rings. The molecule has 0 bridgehead atoms. The van der Waals surface area contributed by atoms with Crippen LogP contribution in [0.4, 0.5) is 0 Å². The highest BCUT2D eigenvalue weighted by Gasteiger charge is 2.26. The van der Waals surface area contributed by atoms with Crippen molar-refractivity contribution >= 4 is 0 Å². The second kappa shape index (κ2) is 6.15. The molecule has 17 heavy (non-hydrogen) atoms. The molecule has 0 heterocycles. The SMILES string of the molecule is COC1CCCC1NCC(O)c1ccccc1. The number of hydrogen-bond donors (Lipinski definition) is 2. The summed E-state index contributed by atoms with van der Waals surface area (Å²) in [6, 6.07) is 10.2. The molecule has 1 aliphatic rings. The molecule has 0 spiro atoms. The molecular formula is C14H21NO2. The minimum Gasteiger partial charge on any atom is -0.387 e. The number of hydrogen-bond acceptors (Lipinski definition) is 3. The zero-order valence-electron chi connectivity index (χ0n) is 10.3. The number of aliphatic hydroxyl groups is 1. The van der Waals surface area contributed by atoms with E-state index in [2.05, 4.69) is 5.32 Å². The van der Waals surface area contributed by atoms with Gasteiger partial charge in [0.05, 0.1) is 12.2 Å². The minimum absolute atomic E-state index is 0.304. The number of rotatable bonds is 5. The Morgan fingerprint density at radius 2 is 2.12 bits per heavy atom. The Morgan fingerprint density at radius 3 is 2.82 bits per heavy atom. The summed E-state index contributed by atoms with van der Waals surface area (Å²) in [5.74, 6) is 0. The fraction of sp³-hybridized carbons (Fsp3) is 0.571. The van der Waals surface area contributed by atoms with Crippen LogP contribution in [0, 0.1) is 0 Å². The predicted octanol–water partition coefficient (Wildman–Crippen LogP) is 1.88. The summed E-state index contributed by atoms with van der Waals surface area (Å²) in [6.45, 7) is 0.592. The molecule has 1 aromatic carbocycles. The van der Waals surface area contributed by atoms with Gasteiger partial charge >= 0.3 is 0 Å². The summed E-state index contributed by atoms with van der Waals surface area (Å²) in [5.41, 5.74) is 0.965. The largest absolute Gasteiger partial charge is 0.387 e. The number of ether oxygens (including phenoxy) is 1. The minimum atomic E-state index is -0.436. The highest BCUT2D eigenvalue weighted by Crippen LogP contribution is 2.22. The average molecular weight is 235 g/mol. The van der Waals surface area contributed by atoms with Gasteiger partial charge in [0.25, 0.3) is 0 Å². The normalized spacial score (nSPS) is 26.0. The molecule has 2 rings (SSSR count). The van der Waals surface area contributed by atoms with Crippen LogP contribution in [0.5, 0.6) is 0 Å². The molecule has 2 N–H and O–H groups in total. The molecule has 3 nitrogen and oxygen atoms in total. The van der Waals surface area contributed by atoms with Crippen molar-refractivity contribution in [2.45, 2.75) is 37.5 Å². The third-order valence-electron chi connectivity index (χ3n) is 3.51. The Morgan fingerprint density at radius 1 is 1.35 bits per heavy atom. The molecule has 3 atom stereocenters. The van der Waals surface area contributed by atoms with Gasteiger partial charge in [-0.1, -0.05) is 30.3 Å². The van der Waals surface area contributed by atoms with E-state index in [-0.39, 0.29) is 0 Å². The second-order valence-electron chi connectivity index (χ2n) is 4.65. The summed E-state index contributed by atoms with van der Waals surface area (Å²) in [5, 5.41) is 13.4. The van der Waals surface area contributed by atoms with Gasteiger partial charge in [-0.3, -0.25) is 0 Å². The third-order valence-corrected chi connectivity index (χ3v) is 3.51. The van der Waals surface area contributed by atoms with Crippen molar-refractivity contribution in [1.29, 1.82) is 0 Å². The molecule has 0 radical (unpaired) electrons. The fourth-order valence-corrected chi connectivity index (χ4v) is 2.50. The highest BCUT2D eigenvalue weighted by molar-refractivity contribution is 5.17. The first-order valence-electron chi connectivity index (χ1n) is 6.30. The van der Waals surface area contributed by atoms with Crippen molar-refractivity contribution in [3.05, 3.63) is 35.9 Å². The van der Waals surface area contributed by atoms with E-state index >= 15 is 0 Å². The molecule has 0 amide bonds. The third kappa shape index (κ3) is 3.28. The van der Waals surface area contributed by atoms with E-state index in [9.17, 15) is 5.11 Å². The predicted molar refractivity (Wildman–Crippen MR) is 67.8 cm³/mol. The number of benzene rings is 1. The maximum absolute atomic E-state index is 10.0. The van der Waals surface area contributed by atoms with Crippen LogP contribution in [0.1, 0.15) is 30.9 Å². The van der Waals surface area contributed by atoms with Crippen LogP contribution in [-0.4, -0.2) is 30.9 Å². The Balaban J connectivity index is 1.82. The number of methoxy groups -OCH3 is 1. The van der Waals surface area contributed by atoms with E-state index in [1.54, 1.807) is 7.11 Å². The second-order valence-corrected chi connectivity index (χ2v) is 4.65. The summed E-state index contributed by atoms with van der Waals surface area (Å²) >= 11 is 0. The van der Waals surface area contributed by atoms with E-state index in [0.29, 0.717) is 18.7 Å². The number of aliphatic hydroxyl groups excluding tert-OH is 1. The lowest BCUT2D eigenvalue weighted by molar-refractivity contribution is 0.0780. The molecule has 1 aliphatic carbocycles. The van der Waals surface area contributed by atoms with Crippen molar-refractivity contribution in [1.82, 2.24) is 5.32 Å². The lowest BCUT2D eigenvalue weighted by atomic mass is 10.1. The molecule has 1 fully saturated rings. The molecule has 0 aliphatic heterocycles. The van der Waals surface area contributed by atoms with Crippen LogP contribution in [0.3, 0.4) is 0 Å². The van der Waals surface area contributed by atoms with Gasteiger partial charge in [-0.15, -0.1) is 0 Å². The molecule has 1 saturated carbocycles.